The summed E-state index contributed by atoms with van der Waals surface area (Å²) in [7, 11) is 0. The van der Waals surface area contributed by atoms with Gasteiger partial charge in [0.05, 0.1) is 0 Å². The molecule has 1 rings (SSSR count). The highest BCUT2D eigenvalue weighted by Crippen LogP contribution is 2.01. The third-order valence-electron chi connectivity index (χ3n) is 1.99. The fourth-order valence-corrected chi connectivity index (χ4v) is 1.13. The summed E-state index contributed by atoms with van der Waals surface area (Å²) in [5.74, 6) is -0.927. The Bertz CT molecular complexity index is 430. The average molecular weight is 253 g/mol. The number of benzene rings is 1. The van der Waals surface area contributed by atoms with E-state index in [1.165, 1.54) is 0 Å². The van der Waals surface area contributed by atoms with Crippen LogP contribution in [-0.4, -0.2) is 39.8 Å². The van der Waals surface area contributed by atoms with Crippen molar-refractivity contribution in [2.24, 2.45) is 0 Å². The van der Waals surface area contributed by atoms with Gasteiger partial charge in [-0.2, -0.15) is 0 Å². The van der Waals surface area contributed by atoms with E-state index in [0.717, 1.165) is 5.56 Å². The van der Waals surface area contributed by atoms with E-state index in [1.807, 2.05) is 0 Å². The van der Waals surface area contributed by atoms with E-state index in [-0.39, 0.29) is 11.5 Å². The van der Waals surface area contributed by atoms with E-state index in [4.69, 9.17) is 14.9 Å². The average Bonchev–Trinajstić information content (AvgIpc) is 2.34. The van der Waals surface area contributed by atoms with Crippen molar-refractivity contribution in [2.45, 2.75) is 6.61 Å². The molecule has 2 amide bonds. The second-order valence-electron chi connectivity index (χ2n) is 3.30. The largest absolute Gasteiger partial charge is 0.465 e. The molecule has 2 N–H and O–H groups in total. The molecule has 96 valence electrons. The van der Waals surface area contributed by atoms with Crippen LogP contribution in [0.3, 0.4) is 0 Å². The number of esters is 1. The number of carbonyl (C=O) groups excluding carboxylic acids is 1. The van der Waals surface area contributed by atoms with Gasteiger partial charge in [0.15, 0.2) is 0 Å². The Morgan fingerprint density at radius 3 is 2.11 bits per heavy atom. The van der Waals surface area contributed by atoms with Crippen LogP contribution in [0.15, 0.2) is 30.3 Å². The van der Waals surface area contributed by atoms with Crippen molar-refractivity contribution in [3.63, 3.8) is 0 Å². The predicted octanol–water partition coefficient (Wildman–Crippen LogP) is 1.39. The number of carbonyl (C=O) groups is 3. The van der Waals surface area contributed by atoms with E-state index in [0.29, 0.717) is 0 Å². The second kappa shape index (κ2) is 6.24. The minimum Gasteiger partial charge on any atom is -0.465 e. The number of rotatable bonds is 4. The molecule has 7 heteroatoms. The Morgan fingerprint density at radius 1 is 1.06 bits per heavy atom. The molecule has 0 aliphatic carbocycles. The molecule has 0 fully saturated rings. The summed E-state index contributed by atoms with van der Waals surface area (Å²) in [4.78, 5) is 32.2. The molecular formula is C11H11NO6. The quantitative estimate of drug-likeness (QED) is 0.785. The summed E-state index contributed by atoms with van der Waals surface area (Å²) in [5, 5.41) is 17.0. The summed E-state index contributed by atoms with van der Waals surface area (Å²) in [6, 6.07) is 8.74. The van der Waals surface area contributed by atoms with Crippen LogP contribution in [0.4, 0.5) is 9.59 Å². The van der Waals surface area contributed by atoms with Crippen molar-refractivity contribution in [3.05, 3.63) is 35.9 Å². The smallest absolute Gasteiger partial charge is 0.417 e. The molecule has 0 bridgehead atoms. The van der Waals surface area contributed by atoms with Gasteiger partial charge in [-0.3, -0.25) is 4.79 Å². The molecule has 0 atom stereocenters. The topological polar surface area (TPSA) is 104 Å². The third-order valence-corrected chi connectivity index (χ3v) is 1.99. The molecule has 0 saturated carbocycles. The fraction of sp³-hybridized carbons (Fsp3) is 0.182. The van der Waals surface area contributed by atoms with Crippen LogP contribution in [0.5, 0.6) is 0 Å². The van der Waals surface area contributed by atoms with Crippen LogP contribution < -0.4 is 0 Å². The summed E-state index contributed by atoms with van der Waals surface area (Å²) in [5.41, 5.74) is 0.725. The first kappa shape index (κ1) is 13.5. The molecule has 0 spiro atoms. The lowest BCUT2D eigenvalue weighted by molar-refractivity contribution is -0.145. The van der Waals surface area contributed by atoms with E-state index in [9.17, 15) is 14.4 Å². The maximum atomic E-state index is 11.2. The van der Waals surface area contributed by atoms with Gasteiger partial charge in [0.25, 0.3) is 0 Å². The molecule has 0 radical (unpaired) electrons. The van der Waals surface area contributed by atoms with Crippen LogP contribution in [-0.2, 0) is 16.1 Å². The fourth-order valence-electron chi connectivity index (χ4n) is 1.13. The number of imide groups is 1. The Balaban J connectivity index is 2.46. The lowest BCUT2D eigenvalue weighted by Gasteiger charge is -2.12. The monoisotopic (exact) mass is 253 g/mol. The number of hydrogen-bond acceptors (Lipinski definition) is 4. The molecule has 7 nitrogen and oxygen atoms in total. The van der Waals surface area contributed by atoms with Crippen molar-refractivity contribution in [2.75, 3.05) is 6.54 Å². The van der Waals surface area contributed by atoms with Gasteiger partial charge in [-0.05, 0) is 5.56 Å². The van der Waals surface area contributed by atoms with Gasteiger partial charge in [-0.15, -0.1) is 0 Å². The number of ether oxygens (including phenoxy) is 1. The molecule has 0 aromatic heterocycles. The Hall–Kier alpha value is -2.57. The number of nitrogens with zero attached hydrogens (tertiary/aromatic N) is 1. The van der Waals surface area contributed by atoms with Crippen molar-refractivity contribution < 1.29 is 29.3 Å². The molecular weight excluding hydrogens is 242 g/mol. The molecule has 1 aromatic rings. The summed E-state index contributed by atoms with van der Waals surface area (Å²) in [6.07, 6.45) is -3.45. The lowest BCUT2D eigenvalue weighted by atomic mass is 10.2. The molecule has 0 aliphatic heterocycles. The highest BCUT2D eigenvalue weighted by molar-refractivity contribution is 5.90. The second-order valence-corrected chi connectivity index (χ2v) is 3.30. The molecule has 0 unspecified atom stereocenters. The summed E-state index contributed by atoms with van der Waals surface area (Å²) < 4.78 is 4.75. The highest BCUT2D eigenvalue weighted by Gasteiger charge is 2.23. The van der Waals surface area contributed by atoms with E-state index >= 15 is 0 Å². The van der Waals surface area contributed by atoms with E-state index in [1.54, 1.807) is 30.3 Å². The van der Waals surface area contributed by atoms with Gasteiger partial charge in [0.1, 0.15) is 13.2 Å². The van der Waals surface area contributed by atoms with Gasteiger partial charge in [-0.25, -0.2) is 14.5 Å². The molecule has 18 heavy (non-hydrogen) atoms. The lowest BCUT2D eigenvalue weighted by Crippen LogP contribution is -2.39. The van der Waals surface area contributed by atoms with Crippen LogP contribution in [0.2, 0.25) is 0 Å². The van der Waals surface area contributed by atoms with Gasteiger partial charge >= 0.3 is 18.2 Å². The minimum atomic E-state index is -1.72. The molecule has 0 aliphatic rings. The third kappa shape index (κ3) is 4.12. The zero-order valence-electron chi connectivity index (χ0n) is 9.28. The highest BCUT2D eigenvalue weighted by atomic mass is 16.5. The van der Waals surface area contributed by atoms with Crippen molar-refractivity contribution in [1.82, 2.24) is 4.90 Å². The molecule has 0 saturated heterocycles. The van der Waals surface area contributed by atoms with Gasteiger partial charge in [0, 0.05) is 0 Å². The maximum absolute atomic E-state index is 11.2. The first-order valence-electron chi connectivity index (χ1n) is 4.93. The van der Waals surface area contributed by atoms with Gasteiger partial charge in [0.2, 0.25) is 0 Å². The first-order chi connectivity index (χ1) is 8.50. The van der Waals surface area contributed by atoms with Crippen LogP contribution in [0, 0.1) is 0 Å². The maximum Gasteiger partial charge on any atom is 0.417 e. The van der Waals surface area contributed by atoms with Crippen molar-refractivity contribution in [1.29, 1.82) is 0 Å². The Kier molecular flexibility index (Phi) is 4.67. The van der Waals surface area contributed by atoms with Crippen LogP contribution >= 0.6 is 0 Å². The van der Waals surface area contributed by atoms with Gasteiger partial charge in [-0.1, -0.05) is 30.3 Å². The molecule has 1 aromatic carbocycles. The number of hydrogen-bond donors (Lipinski definition) is 2. The van der Waals surface area contributed by atoms with Gasteiger partial charge < -0.3 is 14.9 Å². The normalized spacial score (nSPS) is 9.56. The van der Waals surface area contributed by atoms with Crippen molar-refractivity contribution in [3.8, 4) is 0 Å². The summed E-state index contributed by atoms with van der Waals surface area (Å²) in [6.45, 7) is -0.885. The number of amides is 2. The standard InChI is InChI=1S/C11H11NO6/c13-9(6-12(10(14)15)11(16)17)18-7-8-4-2-1-3-5-8/h1-5H,6-7H2,(H,14,15)(H,16,17). The van der Waals surface area contributed by atoms with E-state index < -0.39 is 24.7 Å². The number of carboxylic acid groups (broad SMARTS) is 2. The molecule has 0 heterocycles. The zero-order chi connectivity index (χ0) is 13.5. The zero-order valence-corrected chi connectivity index (χ0v) is 9.28. The van der Waals surface area contributed by atoms with Crippen LogP contribution in [0.1, 0.15) is 5.56 Å². The van der Waals surface area contributed by atoms with Crippen LogP contribution in [0.25, 0.3) is 0 Å². The minimum absolute atomic E-state index is 0.0350. The Labute approximate surface area is 102 Å². The summed E-state index contributed by atoms with van der Waals surface area (Å²) >= 11 is 0. The first-order valence-corrected chi connectivity index (χ1v) is 4.93. The van der Waals surface area contributed by atoms with E-state index in [2.05, 4.69) is 0 Å². The van der Waals surface area contributed by atoms with Crippen molar-refractivity contribution >= 4 is 18.2 Å². The predicted molar refractivity (Wildman–Crippen MR) is 59.0 cm³/mol. The Morgan fingerprint density at radius 2 is 1.61 bits per heavy atom. The SMILES string of the molecule is O=C(CN(C(=O)O)C(=O)O)OCc1ccccc1.